The van der Waals surface area contributed by atoms with Gasteiger partial charge in [0.15, 0.2) is 0 Å². The fraction of sp³-hybridized carbons (Fsp3) is 0.588. The van der Waals surface area contributed by atoms with Crippen LogP contribution >= 0.6 is 15.9 Å². The van der Waals surface area contributed by atoms with Gasteiger partial charge in [-0.05, 0) is 24.1 Å². The van der Waals surface area contributed by atoms with Gasteiger partial charge < -0.3 is 10.2 Å². The van der Waals surface area contributed by atoms with Crippen molar-refractivity contribution in [2.24, 2.45) is 0 Å². The summed E-state index contributed by atoms with van der Waals surface area (Å²) in [4.78, 5) is 16.9. The number of piperazine rings is 1. The summed E-state index contributed by atoms with van der Waals surface area (Å²) in [6.45, 7) is 4.19. The molecule has 0 aliphatic carbocycles. The summed E-state index contributed by atoms with van der Waals surface area (Å²) in [7, 11) is 0. The number of hydrogen-bond acceptors (Lipinski definition) is 3. The maximum absolute atomic E-state index is 12.6. The van der Waals surface area contributed by atoms with Gasteiger partial charge in [0, 0.05) is 44.1 Å². The number of hydrogen-bond donors (Lipinski definition) is 1. The molecule has 2 aliphatic rings. The first-order valence-electron chi connectivity index (χ1n) is 8.37. The molecule has 1 aromatic rings. The van der Waals surface area contributed by atoms with E-state index in [9.17, 15) is 18.0 Å². The highest BCUT2D eigenvalue weighted by Crippen LogP contribution is 2.29. The van der Waals surface area contributed by atoms with Crippen LogP contribution in [0.2, 0.25) is 0 Å². The lowest BCUT2D eigenvalue weighted by atomic mass is 10.1. The van der Waals surface area contributed by atoms with Crippen LogP contribution in [0.3, 0.4) is 0 Å². The van der Waals surface area contributed by atoms with Crippen LogP contribution in [0.5, 0.6) is 0 Å². The van der Waals surface area contributed by atoms with Crippen molar-refractivity contribution in [1.29, 1.82) is 0 Å². The maximum Gasteiger partial charge on any atom is 0.416 e. The highest BCUT2D eigenvalue weighted by Gasteiger charge is 2.33. The Morgan fingerprint density at radius 3 is 2.32 bits per heavy atom. The number of carbonyl (C=O) groups excluding carboxylic acids is 1. The minimum Gasteiger partial charge on any atom is -0.339 e. The Labute approximate surface area is 153 Å². The molecule has 0 bridgehead atoms. The van der Waals surface area contributed by atoms with E-state index in [1.807, 2.05) is 4.90 Å². The summed E-state index contributed by atoms with van der Waals surface area (Å²) in [6, 6.07) is 5.19. The van der Waals surface area contributed by atoms with Crippen molar-refractivity contribution in [3.63, 3.8) is 0 Å². The predicted octanol–water partition coefficient (Wildman–Crippen LogP) is 2.48. The topological polar surface area (TPSA) is 35.6 Å². The lowest BCUT2D eigenvalue weighted by Crippen LogP contribution is -2.52. The van der Waals surface area contributed by atoms with Crippen LogP contribution in [0.1, 0.15) is 17.5 Å². The monoisotopic (exact) mass is 419 g/mol. The van der Waals surface area contributed by atoms with Crippen LogP contribution in [0, 0.1) is 0 Å². The zero-order valence-electron chi connectivity index (χ0n) is 13.7. The van der Waals surface area contributed by atoms with Crippen molar-refractivity contribution >= 4 is 21.8 Å². The molecule has 2 aliphatic heterocycles. The van der Waals surface area contributed by atoms with Crippen molar-refractivity contribution < 1.29 is 18.0 Å². The van der Waals surface area contributed by atoms with Gasteiger partial charge >= 0.3 is 6.18 Å². The molecule has 0 saturated carbocycles. The maximum atomic E-state index is 12.6. The standard InChI is InChI=1S/C17H21BrF3N3O/c18-14-9-15(22-10-14)16(25)24-7-5-23(6-8-24)11-12-1-3-13(4-2-12)17(19,20)21/h1-4,14-15,22H,5-11H2. The number of amides is 1. The summed E-state index contributed by atoms with van der Waals surface area (Å²) < 4.78 is 37.8. The van der Waals surface area contributed by atoms with Crippen LogP contribution in [0.4, 0.5) is 13.2 Å². The second-order valence-electron chi connectivity index (χ2n) is 6.59. The summed E-state index contributed by atoms with van der Waals surface area (Å²) in [6.07, 6.45) is -3.49. The van der Waals surface area contributed by atoms with Gasteiger partial charge in [-0.1, -0.05) is 28.1 Å². The molecule has 138 valence electrons. The van der Waals surface area contributed by atoms with Crippen LogP contribution in [-0.4, -0.2) is 59.3 Å². The highest BCUT2D eigenvalue weighted by atomic mass is 79.9. The van der Waals surface area contributed by atoms with Crippen molar-refractivity contribution in [1.82, 2.24) is 15.1 Å². The van der Waals surface area contributed by atoms with Gasteiger partial charge in [-0.25, -0.2) is 0 Å². The van der Waals surface area contributed by atoms with E-state index >= 15 is 0 Å². The molecule has 2 saturated heterocycles. The molecule has 2 atom stereocenters. The van der Waals surface area contributed by atoms with Gasteiger partial charge in [0.05, 0.1) is 11.6 Å². The lowest BCUT2D eigenvalue weighted by molar-refractivity contribution is -0.137. The van der Waals surface area contributed by atoms with Gasteiger partial charge in [-0.3, -0.25) is 9.69 Å². The second-order valence-corrected chi connectivity index (χ2v) is 7.88. The molecule has 1 amide bonds. The number of nitrogens with zero attached hydrogens (tertiary/aromatic N) is 2. The van der Waals surface area contributed by atoms with Crippen LogP contribution < -0.4 is 5.32 Å². The predicted molar refractivity (Wildman–Crippen MR) is 92.4 cm³/mol. The third kappa shape index (κ3) is 4.74. The first kappa shape index (κ1) is 18.7. The Bertz CT molecular complexity index is 600. The molecule has 25 heavy (non-hydrogen) atoms. The fourth-order valence-electron chi connectivity index (χ4n) is 3.28. The Morgan fingerprint density at radius 1 is 1.16 bits per heavy atom. The number of nitrogens with one attached hydrogen (secondary N) is 1. The van der Waals surface area contributed by atoms with Gasteiger partial charge in [0.1, 0.15) is 0 Å². The fourth-order valence-corrected chi connectivity index (χ4v) is 3.85. The van der Waals surface area contributed by atoms with Crippen molar-refractivity contribution in [3.8, 4) is 0 Å². The molecule has 3 rings (SSSR count). The Morgan fingerprint density at radius 2 is 1.80 bits per heavy atom. The van der Waals surface area contributed by atoms with Gasteiger partial charge in [-0.2, -0.15) is 13.2 Å². The van der Waals surface area contributed by atoms with Crippen LogP contribution in [-0.2, 0) is 17.5 Å². The number of rotatable bonds is 3. The quantitative estimate of drug-likeness (QED) is 0.764. The average molecular weight is 420 g/mol. The zero-order chi connectivity index (χ0) is 18.0. The first-order valence-corrected chi connectivity index (χ1v) is 9.29. The molecule has 2 unspecified atom stereocenters. The Kier molecular flexibility index (Phi) is 5.70. The average Bonchev–Trinajstić information content (AvgIpc) is 3.01. The Balaban J connectivity index is 1.48. The van der Waals surface area contributed by atoms with Crippen LogP contribution in [0.25, 0.3) is 0 Å². The lowest BCUT2D eigenvalue weighted by Gasteiger charge is -2.36. The Hall–Kier alpha value is -1.12. The molecular weight excluding hydrogens is 399 g/mol. The normalized spacial score (nSPS) is 25.4. The summed E-state index contributed by atoms with van der Waals surface area (Å²) in [5, 5.41) is 3.23. The first-order chi connectivity index (χ1) is 11.8. The molecule has 8 heteroatoms. The minimum atomic E-state index is -4.30. The van der Waals surface area contributed by atoms with E-state index in [0.29, 0.717) is 24.5 Å². The van der Waals surface area contributed by atoms with Crippen molar-refractivity contribution in [2.45, 2.75) is 30.0 Å². The second kappa shape index (κ2) is 7.63. The molecule has 2 fully saturated rings. The molecule has 0 aromatic heterocycles. The molecule has 1 aromatic carbocycles. The number of benzene rings is 1. The largest absolute Gasteiger partial charge is 0.416 e. The van der Waals surface area contributed by atoms with Crippen LogP contribution in [0.15, 0.2) is 24.3 Å². The van der Waals surface area contributed by atoms with E-state index in [1.165, 1.54) is 12.1 Å². The zero-order valence-corrected chi connectivity index (χ0v) is 15.3. The third-order valence-corrected chi connectivity index (χ3v) is 5.44. The van der Waals surface area contributed by atoms with Gasteiger partial charge in [0.25, 0.3) is 0 Å². The van der Waals surface area contributed by atoms with Crippen molar-refractivity contribution in [2.75, 3.05) is 32.7 Å². The van der Waals surface area contributed by atoms with E-state index < -0.39 is 11.7 Å². The molecule has 2 heterocycles. The van der Waals surface area contributed by atoms with E-state index in [0.717, 1.165) is 43.8 Å². The summed E-state index contributed by atoms with van der Waals surface area (Å²) >= 11 is 3.52. The van der Waals surface area contributed by atoms with Gasteiger partial charge in [-0.15, -0.1) is 0 Å². The molecule has 0 spiro atoms. The SMILES string of the molecule is O=C(C1CC(Br)CN1)N1CCN(Cc2ccc(C(F)(F)F)cc2)CC1. The van der Waals surface area contributed by atoms with Crippen molar-refractivity contribution in [3.05, 3.63) is 35.4 Å². The van der Waals surface area contributed by atoms with E-state index in [2.05, 4.69) is 26.1 Å². The highest BCUT2D eigenvalue weighted by molar-refractivity contribution is 9.09. The number of halogens is 4. The minimum absolute atomic E-state index is 0.106. The molecular formula is C17H21BrF3N3O. The third-order valence-electron chi connectivity index (χ3n) is 4.75. The molecule has 1 N–H and O–H groups in total. The molecule has 0 radical (unpaired) electrons. The van der Waals surface area contributed by atoms with E-state index in [1.54, 1.807) is 0 Å². The molecule has 4 nitrogen and oxygen atoms in total. The smallest absolute Gasteiger partial charge is 0.339 e. The summed E-state index contributed by atoms with van der Waals surface area (Å²) in [5.74, 6) is 0.149. The van der Waals surface area contributed by atoms with E-state index in [4.69, 9.17) is 0 Å². The summed E-state index contributed by atoms with van der Waals surface area (Å²) in [5.41, 5.74) is 0.230. The number of alkyl halides is 4. The van der Waals surface area contributed by atoms with Gasteiger partial charge in [0.2, 0.25) is 5.91 Å². The number of carbonyl (C=O) groups is 1. The van der Waals surface area contributed by atoms with E-state index in [-0.39, 0.29) is 11.9 Å².